The topological polar surface area (TPSA) is 65.1 Å². The monoisotopic (exact) mass is 322 g/mol. The minimum atomic E-state index is -0.112. The van der Waals surface area contributed by atoms with Crippen LogP contribution < -0.4 is 16.0 Å². The van der Waals surface area contributed by atoms with Gasteiger partial charge >= 0.3 is 0 Å². The molecule has 21 heavy (non-hydrogen) atoms. The molecule has 0 spiro atoms. The molecule has 3 heterocycles. The molecule has 0 radical (unpaired) electrons. The van der Waals surface area contributed by atoms with E-state index in [2.05, 4.69) is 35.0 Å². The van der Waals surface area contributed by atoms with Gasteiger partial charge in [0.2, 0.25) is 0 Å². The predicted octanol–water partition coefficient (Wildman–Crippen LogP) is 3.13. The van der Waals surface area contributed by atoms with E-state index in [0.717, 1.165) is 24.4 Å². The van der Waals surface area contributed by atoms with E-state index in [1.165, 1.54) is 14.3 Å². The van der Waals surface area contributed by atoms with Gasteiger partial charge in [0, 0.05) is 20.8 Å². The Balaban J connectivity index is 2.06. The Labute approximate surface area is 131 Å². The number of hydrogen-bond acceptors (Lipinski definition) is 6. The largest absolute Gasteiger partial charge is 0.493 e. The van der Waals surface area contributed by atoms with E-state index in [1.807, 2.05) is 4.68 Å². The summed E-state index contributed by atoms with van der Waals surface area (Å²) in [5, 5.41) is 6.52. The third kappa shape index (κ3) is 2.57. The Bertz CT molecular complexity index is 702. The highest BCUT2D eigenvalue weighted by Crippen LogP contribution is 2.38. The summed E-state index contributed by atoms with van der Waals surface area (Å²) in [5.74, 6) is 6.61. The molecule has 0 amide bonds. The molecule has 0 saturated heterocycles. The molecule has 3 aromatic rings. The van der Waals surface area contributed by atoms with Crippen LogP contribution in [0.3, 0.4) is 0 Å². The first-order valence-corrected chi connectivity index (χ1v) is 8.50. The third-order valence-electron chi connectivity index (χ3n) is 3.38. The summed E-state index contributed by atoms with van der Waals surface area (Å²) in [7, 11) is 1.66. The lowest BCUT2D eigenvalue weighted by Gasteiger charge is -2.17. The number of aromatic nitrogens is 2. The molecule has 1 unspecified atom stereocenters. The fourth-order valence-electron chi connectivity index (χ4n) is 2.44. The van der Waals surface area contributed by atoms with Crippen molar-refractivity contribution in [3.05, 3.63) is 34.3 Å². The lowest BCUT2D eigenvalue weighted by Crippen LogP contribution is -2.30. The maximum absolute atomic E-state index is 5.84. The number of fused-ring (bicyclic) bond motifs is 1. The summed E-state index contributed by atoms with van der Waals surface area (Å²) in [4.78, 5) is 1.18. The molecule has 0 saturated carbocycles. The Morgan fingerprint density at radius 1 is 1.48 bits per heavy atom. The third-order valence-corrected chi connectivity index (χ3v) is 5.54. The maximum Gasteiger partial charge on any atom is 0.162 e. The molecule has 0 bridgehead atoms. The lowest BCUT2D eigenvalue weighted by atomic mass is 10.1. The molecular weight excluding hydrogens is 304 g/mol. The van der Waals surface area contributed by atoms with Crippen LogP contribution in [0.25, 0.3) is 9.40 Å². The van der Waals surface area contributed by atoms with Crippen LogP contribution in [0.15, 0.2) is 23.7 Å². The highest BCUT2D eigenvalue weighted by Gasteiger charge is 2.24. The molecule has 5 nitrogen and oxygen atoms in total. The second kappa shape index (κ2) is 6.15. The number of nitrogens with zero attached hydrogens (tertiary/aromatic N) is 2. The van der Waals surface area contributed by atoms with Crippen molar-refractivity contribution in [2.45, 2.75) is 25.9 Å². The van der Waals surface area contributed by atoms with Gasteiger partial charge in [-0.3, -0.25) is 10.5 Å². The molecule has 112 valence electrons. The van der Waals surface area contributed by atoms with E-state index >= 15 is 0 Å². The number of methoxy groups -OCH3 is 1. The van der Waals surface area contributed by atoms with Crippen molar-refractivity contribution < 1.29 is 4.74 Å². The molecule has 1 atom stereocenters. The Morgan fingerprint density at radius 2 is 2.33 bits per heavy atom. The van der Waals surface area contributed by atoms with Crippen molar-refractivity contribution in [2.24, 2.45) is 5.84 Å². The van der Waals surface area contributed by atoms with Gasteiger partial charge in [-0.15, -0.1) is 22.7 Å². The average Bonchev–Trinajstić information content (AvgIpc) is 3.15. The fraction of sp³-hybridized carbons (Fsp3) is 0.357. The van der Waals surface area contributed by atoms with E-state index in [-0.39, 0.29) is 6.04 Å². The van der Waals surface area contributed by atoms with Gasteiger partial charge < -0.3 is 4.74 Å². The first kappa shape index (κ1) is 14.5. The normalized spacial score (nSPS) is 12.9. The Morgan fingerprint density at radius 3 is 3.00 bits per heavy atom. The standard InChI is InChI=1S/C14H18N4OS2/c1-3-5-18-14(9(19-2)8-16-18)13(17-15)12-7-11-10(21-12)4-6-20-11/h4,6-8,13,17H,3,5,15H2,1-2H3. The first-order valence-electron chi connectivity index (χ1n) is 6.81. The molecule has 0 aliphatic rings. The van der Waals surface area contributed by atoms with Gasteiger partial charge in [0.1, 0.15) is 11.7 Å². The molecule has 7 heteroatoms. The van der Waals surface area contributed by atoms with E-state index in [1.54, 1.807) is 36.0 Å². The molecule has 0 aromatic carbocycles. The molecule has 3 aromatic heterocycles. The van der Waals surface area contributed by atoms with Crippen LogP contribution in [-0.2, 0) is 6.54 Å². The molecular formula is C14H18N4OS2. The number of hydrazine groups is 1. The number of thiophene rings is 2. The Kier molecular flexibility index (Phi) is 4.25. The predicted molar refractivity (Wildman–Crippen MR) is 87.9 cm³/mol. The number of hydrogen-bond donors (Lipinski definition) is 2. The van der Waals surface area contributed by atoms with Gasteiger partial charge in [-0.2, -0.15) is 5.10 Å². The number of ether oxygens (including phenoxy) is 1. The SMILES string of the molecule is CCCn1ncc(OC)c1C(NN)c1cc2sccc2s1. The highest BCUT2D eigenvalue weighted by molar-refractivity contribution is 7.27. The summed E-state index contributed by atoms with van der Waals surface area (Å²) in [6.45, 7) is 2.97. The van der Waals surface area contributed by atoms with Crippen LogP contribution in [0.5, 0.6) is 5.75 Å². The Hall–Kier alpha value is -1.41. The zero-order valence-corrected chi connectivity index (χ0v) is 13.6. The van der Waals surface area contributed by atoms with Crippen LogP contribution in [-0.4, -0.2) is 16.9 Å². The number of nitrogens with two attached hydrogens (primary N) is 1. The molecule has 0 aliphatic carbocycles. The van der Waals surface area contributed by atoms with Gasteiger partial charge in [0.25, 0.3) is 0 Å². The van der Waals surface area contributed by atoms with E-state index in [4.69, 9.17) is 10.6 Å². The fourth-order valence-corrected chi connectivity index (χ4v) is 4.62. The van der Waals surface area contributed by atoms with Gasteiger partial charge in [-0.05, 0) is 23.9 Å². The summed E-state index contributed by atoms with van der Waals surface area (Å²) in [5.41, 5.74) is 3.90. The molecule has 3 rings (SSSR count). The van der Waals surface area contributed by atoms with Crippen LogP contribution >= 0.6 is 22.7 Å². The summed E-state index contributed by atoms with van der Waals surface area (Å²) >= 11 is 3.50. The van der Waals surface area contributed by atoms with Crippen molar-refractivity contribution in [3.8, 4) is 5.75 Å². The first-order chi connectivity index (χ1) is 10.3. The van der Waals surface area contributed by atoms with Gasteiger partial charge in [-0.1, -0.05) is 6.92 Å². The van der Waals surface area contributed by atoms with Crippen LogP contribution in [0.4, 0.5) is 0 Å². The van der Waals surface area contributed by atoms with Crippen molar-refractivity contribution in [2.75, 3.05) is 7.11 Å². The van der Waals surface area contributed by atoms with Gasteiger partial charge in [0.05, 0.1) is 13.3 Å². The summed E-state index contributed by atoms with van der Waals surface area (Å²) in [6, 6.07) is 4.22. The summed E-state index contributed by atoms with van der Waals surface area (Å²) in [6.07, 6.45) is 2.76. The smallest absolute Gasteiger partial charge is 0.162 e. The van der Waals surface area contributed by atoms with Crippen molar-refractivity contribution in [3.63, 3.8) is 0 Å². The van der Waals surface area contributed by atoms with Crippen LogP contribution in [0, 0.1) is 0 Å². The number of rotatable bonds is 6. The zero-order valence-electron chi connectivity index (χ0n) is 12.0. The van der Waals surface area contributed by atoms with E-state index in [9.17, 15) is 0 Å². The lowest BCUT2D eigenvalue weighted by molar-refractivity contribution is 0.399. The van der Waals surface area contributed by atoms with Gasteiger partial charge in [-0.25, -0.2) is 5.43 Å². The minimum absolute atomic E-state index is 0.112. The number of aryl methyl sites for hydroxylation is 1. The second-order valence-corrected chi connectivity index (χ2v) is 6.78. The minimum Gasteiger partial charge on any atom is -0.493 e. The highest BCUT2D eigenvalue weighted by atomic mass is 32.1. The maximum atomic E-state index is 5.84. The zero-order chi connectivity index (χ0) is 14.8. The molecule has 3 N–H and O–H groups in total. The second-order valence-electron chi connectivity index (χ2n) is 4.72. The molecule has 0 fully saturated rings. The van der Waals surface area contributed by atoms with Crippen LogP contribution in [0.2, 0.25) is 0 Å². The van der Waals surface area contributed by atoms with Crippen molar-refractivity contribution in [1.82, 2.24) is 15.2 Å². The average molecular weight is 322 g/mol. The number of nitrogens with one attached hydrogen (secondary N) is 1. The van der Waals surface area contributed by atoms with Gasteiger partial charge in [0.15, 0.2) is 5.75 Å². The summed E-state index contributed by atoms with van der Waals surface area (Å²) < 4.78 is 10.0. The van der Waals surface area contributed by atoms with Crippen LogP contribution in [0.1, 0.15) is 30.0 Å². The van der Waals surface area contributed by atoms with Crippen molar-refractivity contribution in [1.29, 1.82) is 0 Å². The van der Waals surface area contributed by atoms with E-state index < -0.39 is 0 Å². The quantitative estimate of drug-likeness (QED) is 0.540. The van der Waals surface area contributed by atoms with E-state index in [0.29, 0.717) is 0 Å². The van der Waals surface area contributed by atoms with Crippen molar-refractivity contribution >= 4 is 32.1 Å². The molecule has 0 aliphatic heterocycles.